The Hall–Kier alpha value is -5.65. The molecule has 320 valence electrons. The molecule has 2 aromatic heterocycles. The van der Waals surface area contributed by atoms with E-state index in [2.05, 4.69) is 10.6 Å². The molecule has 4 aromatic rings. The molecule has 0 saturated carbocycles. The number of anilines is 1. The van der Waals surface area contributed by atoms with Crippen molar-refractivity contribution in [1.82, 2.24) is 19.2 Å². The summed E-state index contributed by atoms with van der Waals surface area (Å²) in [7, 11) is -3.50. The van der Waals surface area contributed by atoms with Crippen LogP contribution in [0.25, 0.3) is 22.3 Å². The van der Waals surface area contributed by atoms with Crippen LogP contribution in [-0.2, 0) is 70.4 Å². The third-order valence-electron chi connectivity index (χ3n) is 11.0. The number of sulfonamides is 1. The number of aromatic nitrogens is 2. The van der Waals surface area contributed by atoms with Crippen molar-refractivity contribution in [2.45, 2.75) is 104 Å². The zero-order valence-corrected chi connectivity index (χ0v) is 35.4. The van der Waals surface area contributed by atoms with Gasteiger partial charge >= 0.3 is 12.1 Å². The van der Waals surface area contributed by atoms with Gasteiger partial charge in [-0.3, -0.25) is 14.4 Å². The van der Waals surface area contributed by atoms with Crippen molar-refractivity contribution in [2.75, 3.05) is 24.7 Å². The van der Waals surface area contributed by atoms with E-state index in [4.69, 9.17) is 24.9 Å². The molecular weight excluding hydrogens is 793 g/mol. The summed E-state index contributed by atoms with van der Waals surface area (Å²) in [5.74, 6) is -1.46. The Bertz CT molecular complexity index is 2470. The average Bonchev–Trinajstić information content (AvgIpc) is 3.58. The van der Waals surface area contributed by atoms with Gasteiger partial charge in [-0.25, -0.2) is 23.0 Å². The lowest BCUT2D eigenvalue weighted by molar-refractivity contribution is -0.175. The van der Waals surface area contributed by atoms with Crippen molar-refractivity contribution in [2.24, 2.45) is 5.73 Å². The molecule has 2 atom stereocenters. The normalized spacial score (nSPS) is 16.2. The maximum Gasteiger partial charge on any atom is 0.510 e. The first-order chi connectivity index (χ1) is 28.6. The molecule has 0 bridgehead atoms. The lowest BCUT2D eigenvalue weighted by Crippen LogP contribution is -2.47. The number of para-hydroxylation sites is 1. The number of rotatable bonds is 17. The number of unbranched alkanes of at least 4 members (excludes halogenated alkanes) is 1. The first-order valence-corrected chi connectivity index (χ1v) is 22.0. The summed E-state index contributed by atoms with van der Waals surface area (Å²) in [6.45, 7) is 7.27. The lowest BCUT2D eigenvalue weighted by atomic mass is 9.85. The van der Waals surface area contributed by atoms with Gasteiger partial charge in [0.15, 0.2) is 0 Å². The largest absolute Gasteiger partial charge is 0.510 e. The van der Waals surface area contributed by atoms with Gasteiger partial charge in [-0.1, -0.05) is 44.2 Å². The Kier molecular flexibility index (Phi) is 13.4. The molecule has 17 heteroatoms. The van der Waals surface area contributed by atoms with E-state index in [1.165, 1.54) is 10.6 Å². The van der Waals surface area contributed by atoms with Crippen LogP contribution in [0.4, 0.5) is 10.5 Å². The number of hydrogen-bond donors (Lipinski definition) is 3. The Morgan fingerprint density at radius 1 is 1.05 bits per heavy atom. The van der Waals surface area contributed by atoms with Crippen molar-refractivity contribution in [1.29, 1.82) is 0 Å². The molecule has 0 radical (unpaired) electrons. The van der Waals surface area contributed by atoms with Gasteiger partial charge < -0.3 is 35.1 Å². The first-order valence-electron chi connectivity index (χ1n) is 20.2. The van der Waals surface area contributed by atoms with Crippen LogP contribution in [0.1, 0.15) is 87.6 Å². The van der Waals surface area contributed by atoms with Crippen molar-refractivity contribution in [3.63, 3.8) is 0 Å². The van der Waals surface area contributed by atoms with Gasteiger partial charge in [0, 0.05) is 41.2 Å². The fourth-order valence-corrected chi connectivity index (χ4v) is 9.06. The average molecular weight is 845 g/mol. The van der Waals surface area contributed by atoms with E-state index in [0.717, 1.165) is 22.9 Å². The maximum absolute atomic E-state index is 14.3. The summed E-state index contributed by atoms with van der Waals surface area (Å²) in [4.78, 5) is 71.2. The predicted molar refractivity (Wildman–Crippen MR) is 224 cm³/mol. The highest BCUT2D eigenvalue weighted by Gasteiger charge is 2.51. The smallest absolute Gasteiger partial charge is 0.457 e. The van der Waals surface area contributed by atoms with Gasteiger partial charge in [0.2, 0.25) is 27.4 Å². The van der Waals surface area contributed by atoms with Gasteiger partial charge in [0.05, 0.1) is 35.3 Å². The third kappa shape index (κ3) is 9.07. The Balaban J connectivity index is 1.23. The molecule has 0 spiro atoms. The van der Waals surface area contributed by atoms with Crippen molar-refractivity contribution < 1.29 is 41.8 Å². The number of esters is 1. The summed E-state index contributed by atoms with van der Waals surface area (Å²) >= 11 is 0. The zero-order chi connectivity index (χ0) is 43.4. The van der Waals surface area contributed by atoms with E-state index in [-0.39, 0.29) is 68.1 Å². The monoisotopic (exact) mass is 844 g/mol. The fourth-order valence-electron chi connectivity index (χ4n) is 7.87. The molecule has 2 aliphatic heterocycles. The van der Waals surface area contributed by atoms with Gasteiger partial charge in [-0.2, -0.15) is 4.31 Å². The number of nitrogens with zero attached hydrogens (tertiary/aromatic N) is 3. The van der Waals surface area contributed by atoms with E-state index >= 15 is 0 Å². The number of fused-ring (bicyclic) bond motifs is 5. The molecule has 0 fully saturated rings. The van der Waals surface area contributed by atoms with E-state index in [9.17, 15) is 32.4 Å². The molecule has 2 amide bonds. The Labute approximate surface area is 348 Å². The molecule has 4 N–H and O–H groups in total. The van der Waals surface area contributed by atoms with E-state index in [1.54, 1.807) is 48.7 Å². The van der Waals surface area contributed by atoms with Crippen molar-refractivity contribution >= 4 is 50.6 Å². The number of pyridine rings is 2. The fraction of sp³-hybridized carbons (Fsp3) is 0.442. The van der Waals surface area contributed by atoms with Crippen LogP contribution >= 0.6 is 0 Å². The molecule has 2 aromatic carbocycles. The summed E-state index contributed by atoms with van der Waals surface area (Å²) in [5.41, 5.74) is 7.72. The molecule has 0 saturated heterocycles. The van der Waals surface area contributed by atoms with Gasteiger partial charge in [-0.05, 0) is 87.9 Å². The van der Waals surface area contributed by atoms with E-state index < -0.39 is 39.4 Å². The van der Waals surface area contributed by atoms with Crippen LogP contribution in [0.2, 0.25) is 0 Å². The van der Waals surface area contributed by atoms with Crippen LogP contribution in [0.15, 0.2) is 59.4 Å². The molecular formula is C43H52N6O10S. The number of carbonyl (C=O) groups excluding carboxylic acids is 4. The highest BCUT2D eigenvalue weighted by molar-refractivity contribution is 7.88. The minimum atomic E-state index is -3.50. The van der Waals surface area contributed by atoms with E-state index in [0.29, 0.717) is 54.0 Å². The quantitative estimate of drug-likeness (QED) is 0.0864. The number of hydrogen-bond acceptors (Lipinski definition) is 12. The van der Waals surface area contributed by atoms with Gasteiger partial charge in [-0.15, -0.1) is 0 Å². The molecule has 2 aliphatic rings. The zero-order valence-electron chi connectivity index (χ0n) is 34.5. The molecule has 16 nitrogen and oxygen atoms in total. The number of cyclic esters (lactones) is 1. The highest BCUT2D eigenvalue weighted by atomic mass is 32.2. The molecule has 4 heterocycles. The minimum absolute atomic E-state index is 0.0725. The molecule has 0 unspecified atom stereocenters. The second-order valence-corrected chi connectivity index (χ2v) is 17.2. The third-order valence-corrected chi connectivity index (χ3v) is 12.5. The highest BCUT2D eigenvalue weighted by Crippen LogP contribution is 2.42. The predicted octanol–water partition coefficient (Wildman–Crippen LogP) is 4.62. The van der Waals surface area contributed by atoms with E-state index in [1.807, 2.05) is 38.1 Å². The Morgan fingerprint density at radius 2 is 1.78 bits per heavy atom. The second-order valence-electron chi connectivity index (χ2n) is 15.3. The number of carbonyl (C=O) groups is 4. The minimum Gasteiger partial charge on any atom is -0.457 e. The van der Waals surface area contributed by atoms with Crippen LogP contribution in [0.3, 0.4) is 0 Å². The van der Waals surface area contributed by atoms with Crippen LogP contribution in [-0.4, -0.2) is 77.6 Å². The van der Waals surface area contributed by atoms with Crippen molar-refractivity contribution in [3.8, 4) is 11.4 Å². The molecule has 60 heavy (non-hydrogen) atoms. The van der Waals surface area contributed by atoms with Crippen LogP contribution in [0.5, 0.6) is 0 Å². The topological polar surface area (TPSA) is 218 Å². The Morgan fingerprint density at radius 3 is 2.45 bits per heavy atom. The number of benzene rings is 2. The summed E-state index contributed by atoms with van der Waals surface area (Å²) < 4.78 is 45.1. The number of amides is 2. The SMILES string of the molecule is CCC(=O)N[C@@H](CCCCN)C(=O)Nc1ccc(COC(=O)O[C@]2(CC)C(=O)OCc3c2cc2n(c3=O)Cc3c-2nc2ccccc2c3CCN(C(C)C)S(C)(=O)=O)cc1. The maximum atomic E-state index is 14.3. The number of nitrogens with one attached hydrogen (secondary N) is 2. The summed E-state index contributed by atoms with van der Waals surface area (Å²) in [6, 6.07) is 14.7. The summed E-state index contributed by atoms with van der Waals surface area (Å²) in [6.07, 6.45) is 2.38. The molecule has 0 aliphatic carbocycles. The van der Waals surface area contributed by atoms with Crippen molar-refractivity contribution in [3.05, 3.63) is 92.8 Å². The van der Waals surface area contributed by atoms with Crippen LogP contribution in [0, 0.1) is 0 Å². The number of nitrogens with two attached hydrogens (primary N) is 1. The summed E-state index contributed by atoms with van der Waals surface area (Å²) in [5, 5.41) is 6.39. The standard InChI is InChI=1S/C43H52N6O10S/c1-6-37(50)46-35(14-10-11-20-44)39(51)45-28-17-15-27(16-18-28)24-58-42(54)59-43(7-2)33-22-36-38-31(23-48(36)40(52)32(33)25-57-41(43)53)29(30-12-8-9-13-34(30)47-38)19-21-49(26(3)4)60(5,55)56/h8-9,12-13,15-18,22,26,35H,6-7,10-11,14,19-21,23-25,44H2,1-5H3,(H,45,51)(H,46,50)/t35-,43-/m0/s1. The van der Waals surface area contributed by atoms with Gasteiger partial charge in [0.1, 0.15) is 19.3 Å². The molecule has 6 rings (SSSR count). The first kappa shape index (κ1) is 43.9. The number of ether oxygens (including phenoxy) is 3. The lowest BCUT2D eigenvalue weighted by Gasteiger charge is -2.35. The van der Waals surface area contributed by atoms with Gasteiger partial charge in [0.25, 0.3) is 5.56 Å². The second kappa shape index (κ2) is 18.3. The van der Waals surface area contributed by atoms with Crippen LogP contribution < -0.4 is 21.9 Å².